The Balaban J connectivity index is 1.12. The van der Waals surface area contributed by atoms with Crippen LogP contribution in [0.1, 0.15) is 48.6 Å². The van der Waals surface area contributed by atoms with Crippen molar-refractivity contribution in [3.8, 4) is 27.9 Å². The van der Waals surface area contributed by atoms with Crippen molar-refractivity contribution in [3.63, 3.8) is 0 Å². The molecule has 62 heavy (non-hydrogen) atoms. The Morgan fingerprint density at radius 2 is 1.00 bits per heavy atom. The molecule has 9 aromatic carbocycles. The van der Waals surface area contributed by atoms with Crippen molar-refractivity contribution >= 4 is 70.4 Å². The van der Waals surface area contributed by atoms with Gasteiger partial charge in [0.25, 0.3) is 0 Å². The molecule has 0 saturated carbocycles. The minimum Gasteiger partial charge on any atom is -0.310 e. The highest BCUT2D eigenvalue weighted by molar-refractivity contribution is 7.25. The van der Waals surface area contributed by atoms with E-state index in [2.05, 4.69) is 230 Å². The normalized spacial score (nSPS) is 13.5. The van der Waals surface area contributed by atoms with Gasteiger partial charge in [0, 0.05) is 48.0 Å². The monoisotopic (exact) mass is 810 g/mol. The smallest absolute Gasteiger partial charge is 0.0726 e. The predicted molar refractivity (Wildman–Crippen MR) is 263 cm³/mol. The Bertz CT molecular complexity index is 3590. The summed E-state index contributed by atoms with van der Waals surface area (Å²) in [7, 11) is 0. The summed E-state index contributed by atoms with van der Waals surface area (Å²) in [5.74, 6) is 0. The van der Waals surface area contributed by atoms with E-state index in [1.165, 1.54) is 97.7 Å². The number of hydrogen-bond acceptors (Lipinski definition) is 2. The van der Waals surface area contributed by atoms with E-state index in [9.17, 15) is 0 Å². The second-order valence-corrected chi connectivity index (χ2v) is 19.1. The van der Waals surface area contributed by atoms with Crippen molar-refractivity contribution in [1.29, 1.82) is 0 Å². The van der Waals surface area contributed by atoms with Gasteiger partial charge in [0.15, 0.2) is 0 Å². The lowest BCUT2D eigenvalue weighted by Gasteiger charge is -2.32. The summed E-state index contributed by atoms with van der Waals surface area (Å²) in [6, 6.07) is 75.4. The zero-order valence-electron chi connectivity index (χ0n) is 34.9. The minimum absolute atomic E-state index is 0.0200. The second kappa shape index (κ2) is 12.9. The molecule has 0 amide bonds. The standard InChI is InChI=1S/C59H42N2S/c1-58(2,3)37-16-14-17-38(34-37)61-52-26-12-7-22-46(52)57-53(27-15-28-54(57)61)60(39-31-33-56-47(35-39)45-21-8-13-29-55(45)62-56)40-30-32-44-43-20-6-11-25-50(43)59(51(44)36-40)48-23-9-4-18-41(48)42-19-5-10-24-49(42)59/h4-36H,1-3H3. The maximum Gasteiger partial charge on any atom is 0.0726 e. The molecule has 0 bridgehead atoms. The summed E-state index contributed by atoms with van der Waals surface area (Å²) in [6.07, 6.45) is 0. The molecular formula is C59H42N2S. The molecular weight excluding hydrogens is 769 g/mol. The van der Waals surface area contributed by atoms with E-state index in [-0.39, 0.29) is 5.41 Å². The van der Waals surface area contributed by atoms with Gasteiger partial charge in [0.05, 0.1) is 22.1 Å². The van der Waals surface area contributed by atoms with Crippen LogP contribution in [0.3, 0.4) is 0 Å². The summed E-state index contributed by atoms with van der Waals surface area (Å²) in [5.41, 5.74) is 18.5. The third kappa shape index (κ3) is 4.80. The Morgan fingerprint density at radius 1 is 0.435 bits per heavy atom. The van der Waals surface area contributed by atoms with Crippen molar-refractivity contribution in [2.75, 3.05) is 4.90 Å². The van der Waals surface area contributed by atoms with Crippen LogP contribution in [0.5, 0.6) is 0 Å². The van der Waals surface area contributed by atoms with Crippen LogP contribution in [-0.4, -0.2) is 4.57 Å². The highest BCUT2D eigenvalue weighted by atomic mass is 32.1. The molecule has 2 aliphatic carbocycles. The average molecular weight is 811 g/mol. The lowest BCUT2D eigenvalue weighted by Crippen LogP contribution is -2.26. The average Bonchev–Trinajstić information content (AvgIpc) is 4.03. The van der Waals surface area contributed by atoms with Crippen molar-refractivity contribution in [2.24, 2.45) is 0 Å². The van der Waals surface area contributed by atoms with Crippen LogP contribution in [0.15, 0.2) is 200 Å². The highest BCUT2D eigenvalue weighted by Gasteiger charge is 2.51. The van der Waals surface area contributed by atoms with Crippen molar-refractivity contribution in [1.82, 2.24) is 4.57 Å². The third-order valence-electron chi connectivity index (χ3n) is 13.7. The number of benzene rings is 9. The first-order valence-electron chi connectivity index (χ1n) is 21.7. The van der Waals surface area contributed by atoms with Crippen LogP contribution in [0, 0.1) is 0 Å². The quantitative estimate of drug-likeness (QED) is 0.172. The molecule has 2 heterocycles. The summed E-state index contributed by atoms with van der Waals surface area (Å²) in [5, 5.41) is 5.04. The van der Waals surface area contributed by atoms with Gasteiger partial charge in [0.1, 0.15) is 0 Å². The number of hydrogen-bond donors (Lipinski definition) is 0. The summed E-state index contributed by atoms with van der Waals surface area (Å²) < 4.78 is 5.08. The van der Waals surface area contributed by atoms with E-state index in [4.69, 9.17) is 0 Å². The molecule has 2 aromatic heterocycles. The van der Waals surface area contributed by atoms with Crippen LogP contribution in [0.2, 0.25) is 0 Å². The zero-order chi connectivity index (χ0) is 41.3. The number of fused-ring (bicyclic) bond motifs is 16. The molecule has 0 radical (unpaired) electrons. The maximum atomic E-state index is 2.54. The second-order valence-electron chi connectivity index (χ2n) is 18.1. The molecule has 294 valence electrons. The van der Waals surface area contributed by atoms with Gasteiger partial charge < -0.3 is 9.47 Å². The number of anilines is 3. The van der Waals surface area contributed by atoms with E-state index in [1.807, 2.05) is 11.3 Å². The van der Waals surface area contributed by atoms with Crippen LogP contribution in [0.4, 0.5) is 17.1 Å². The van der Waals surface area contributed by atoms with Gasteiger partial charge in [0.2, 0.25) is 0 Å². The summed E-state index contributed by atoms with van der Waals surface area (Å²) >= 11 is 1.87. The van der Waals surface area contributed by atoms with Gasteiger partial charge in [-0.25, -0.2) is 0 Å². The molecule has 0 aliphatic heterocycles. The van der Waals surface area contributed by atoms with Crippen LogP contribution in [0.25, 0.3) is 69.9 Å². The van der Waals surface area contributed by atoms with Gasteiger partial charge >= 0.3 is 0 Å². The van der Waals surface area contributed by atoms with Gasteiger partial charge in [-0.3, -0.25) is 0 Å². The first-order chi connectivity index (χ1) is 30.4. The first kappa shape index (κ1) is 35.5. The molecule has 1 spiro atoms. The van der Waals surface area contributed by atoms with Crippen LogP contribution in [-0.2, 0) is 10.8 Å². The summed E-state index contributed by atoms with van der Waals surface area (Å²) in [6.45, 7) is 6.89. The zero-order valence-corrected chi connectivity index (χ0v) is 35.7. The van der Waals surface area contributed by atoms with E-state index in [1.54, 1.807) is 0 Å². The van der Waals surface area contributed by atoms with Crippen LogP contribution < -0.4 is 4.90 Å². The maximum absolute atomic E-state index is 2.54. The van der Waals surface area contributed by atoms with Crippen molar-refractivity contribution in [2.45, 2.75) is 31.6 Å². The van der Waals surface area contributed by atoms with E-state index < -0.39 is 5.41 Å². The number of rotatable bonds is 4. The number of aromatic nitrogens is 1. The van der Waals surface area contributed by atoms with Gasteiger partial charge in [-0.15, -0.1) is 11.3 Å². The predicted octanol–water partition coefficient (Wildman–Crippen LogP) is 16.3. The van der Waals surface area contributed by atoms with Gasteiger partial charge in [-0.05, 0) is 122 Å². The van der Waals surface area contributed by atoms with Gasteiger partial charge in [-0.1, -0.05) is 154 Å². The molecule has 0 atom stereocenters. The SMILES string of the molecule is CC(C)(C)c1cccc(-n2c3ccccc3c3c(N(c4ccc5c(c4)C4(c6ccccc6-c6ccccc64)c4ccccc4-5)c4ccc5sc6ccccc6c5c4)cccc32)c1. The molecule has 13 rings (SSSR count). The Hall–Kier alpha value is -7.20. The topological polar surface area (TPSA) is 8.17 Å². The van der Waals surface area contributed by atoms with E-state index in [0.29, 0.717) is 0 Å². The molecule has 0 fully saturated rings. The molecule has 11 aromatic rings. The van der Waals surface area contributed by atoms with Crippen LogP contribution >= 0.6 is 11.3 Å². The highest BCUT2D eigenvalue weighted by Crippen LogP contribution is 2.63. The number of nitrogens with zero attached hydrogens (tertiary/aromatic N) is 2. The van der Waals surface area contributed by atoms with Gasteiger partial charge in [-0.2, -0.15) is 0 Å². The molecule has 2 nitrogen and oxygen atoms in total. The molecule has 2 aliphatic rings. The Morgan fingerprint density at radius 3 is 1.73 bits per heavy atom. The molecule has 0 saturated heterocycles. The summed E-state index contributed by atoms with van der Waals surface area (Å²) in [4.78, 5) is 2.54. The first-order valence-corrected chi connectivity index (χ1v) is 22.5. The fourth-order valence-corrected chi connectivity index (χ4v) is 12.2. The number of thiophene rings is 1. The van der Waals surface area contributed by atoms with Crippen molar-refractivity contribution < 1.29 is 0 Å². The van der Waals surface area contributed by atoms with E-state index in [0.717, 1.165) is 17.1 Å². The Kier molecular flexibility index (Phi) is 7.40. The minimum atomic E-state index is -0.450. The molecule has 3 heteroatoms. The largest absolute Gasteiger partial charge is 0.310 e. The fraction of sp³-hybridized carbons (Fsp3) is 0.0847. The lowest BCUT2D eigenvalue weighted by atomic mass is 9.70. The van der Waals surface area contributed by atoms with Crippen molar-refractivity contribution in [3.05, 3.63) is 228 Å². The Labute approximate surface area is 365 Å². The fourth-order valence-electron chi connectivity index (χ4n) is 11.1. The van der Waals surface area contributed by atoms with E-state index >= 15 is 0 Å². The number of para-hydroxylation sites is 1. The third-order valence-corrected chi connectivity index (χ3v) is 14.9. The molecule has 0 N–H and O–H groups in total. The molecule has 0 unspecified atom stereocenters. The lowest BCUT2D eigenvalue weighted by molar-refractivity contribution is 0.590.